The van der Waals surface area contributed by atoms with Crippen LogP contribution < -0.4 is 0 Å². The van der Waals surface area contributed by atoms with Gasteiger partial charge in [-0.25, -0.2) is 0 Å². The Hall–Kier alpha value is -0.640. The van der Waals surface area contributed by atoms with E-state index in [0.717, 1.165) is 0 Å². The molecule has 0 saturated carbocycles. The van der Waals surface area contributed by atoms with Crippen LogP contribution in [-0.4, -0.2) is 24.1 Å². The minimum absolute atomic E-state index is 0.0112. The number of hydrogen-bond donors (Lipinski definition) is 1. The number of hydrogen-bond acceptors (Lipinski definition) is 4. The molecule has 1 unspecified atom stereocenters. The van der Waals surface area contributed by atoms with Gasteiger partial charge in [-0.15, -0.1) is 0 Å². The zero-order chi connectivity index (χ0) is 7.98. The molecule has 0 aliphatic rings. The lowest BCUT2D eigenvalue weighted by Crippen LogP contribution is -2.17. The molecule has 0 aromatic heterocycles. The monoisotopic (exact) mass is 160 g/mol. The van der Waals surface area contributed by atoms with Gasteiger partial charge in [-0.2, -0.15) is 12.6 Å². The summed E-state index contributed by atoms with van der Waals surface area (Å²) in [6.07, 6.45) is 1.01. The summed E-state index contributed by atoms with van der Waals surface area (Å²) in [6.45, 7) is 0. The third-order valence-corrected chi connectivity index (χ3v) is 1.40. The van der Waals surface area contributed by atoms with E-state index < -0.39 is 5.92 Å². The van der Waals surface area contributed by atoms with Gasteiger partial charge < -0.3 is 9.59 Å². The van der Waals surface area contributed by atoms with Crippen molar-refractivity contribution in [2.24, 2.45) is 5.92 Å². The summed E-state index contributed by atoms with van der Waals surface area (Å²) in [6, 6.07) is 0. The summed E-state index contributed by atoms with van der Waals surface area (Å²) in [7, 11) is 0. The van der Waals surface area contributed by atoms with Gasteiger partial charge >= 0.3 is 0 Å². The zero-order valence-corrected chi connectivity index (χ0v) is 6.21. The number of thiol groups is 1. The van der Waals surface area contributed by atoms with Crippen molar-refractivity contribution in [1.82, 2.24) is 0 Å². The Balaban J connectivity index is 3.91. The topological polar surface area (TPSA) is 51.2 Å². The first-order valence-electron chi connectivity index (χ1n) is 2.78. The molecule has 10 heavy (non-hydrogen) atoms. The molecule has 0 bridgehead atoms. The lowest BCUT2D eigenvalue weighted by Gasteiger charge is -1.99. The van der Waals surface area contributed by atoms with Crippen molar-refractivity contribution in [2.75, 3.05) is 5.75 Å². The fraction of sp³-hybridized carbons (Fsp3) is 0.500. The second kappa shape index (κ2) is 5.17. The third kappa shape index (κ3) is 2.77. The first kappa shape index (κ1) is 9.36. The highest BCUT2D eigenvalue weighted by Crippen LogP contribution is 1.99. The lowest BCUT2D eigenvalue weighted by molar-refractivity contribution is -0.127. The van der Waals surface area contributed by atoms with Crippen LogP contribution in [0.3, 0.4) is 0 Å². The molecule has 0 spiro atoms. The van der Waals surface area contributed by atoms with Crippen LogP contribution in [0.25, 0.3) is 0 Å². The molecule has 0 saturated heterocycles. The number of rotatable bonds is 5. The highest BCUT2D eigenvalue weighted by molar-refractivity contribution is 7.81. The minimum atomic E-state index is -0.782. The van der Waals surface area contributed by atoms with Crippen LogP contribution >= 0.6 is 12.6 Å². The maximum absolute atomic E-state index is 10.7. The molecule has 0 N–H and O–H groups in total. The Morgan fingerprint density at radius 3 is 2.40 bits per heavy atom. The maximum atomic E-state index is 10.7. The largest absolute Gasteiger partial charge is 0.303 e. The summed E-state index contributed by atoms with van der Waals surface area (Å²) >= 11 is 3.68. The average molecular weight is 160 g/mol. The van der Waals surface area contributed by atoms with Crippen LogP contribution in [0.5, 0.6) is 0 Å². The molecule has 0 fully saturated rings. The normalized spacial score (nSPS) is 12.1. The smallest absolute Gasteiger partial charge is 0.153 e. The highest BCUT2D eigenvalue weighted by Gasteiger charge is 2.14. The van der Waals surface area contributed by atoms with E-state index in [2.05, 4.69) is 12.6 Å². The van der Waals surface area contributed by atoms with Gasteiger partial charge in [-0.05, 0) is 0 Å². The number of carbonyl (C=O) groups is 3. The highest BCUT2D eigenvalue weighted by atomic mass is 32.1. The maximum Gasteiger partial charge on any atom is 0.153 e. The van der Waals surface area contributed by atoms with Crippen molar-refractivity contribution in [2.45, 2.75) is 6.42 Å². The van der Waals surface area contributed by atoms with Gasteiger partial charge in [0.1, 0.15) is 12.6 Å². The van der Waals surface area contributed by atoms with Crippen LogP contribution in [0.15, 0.2) is 0 Å². The van der Waals surface area contributed by atoms with Crippen LogP contribution in [0.4, 0.5) is 0 Å². The Kier molecular flexibility index (Phi) is 4.84. The molecule has 0 rings (SSSR count). The molecule has 0 heterocycles. The van der Waals surface area contributed by atoms with E-state index in [4.69, 9.17) is 0 Å². The summed E-state index contributed by atoms with van der Waals surface area (Å²) in [5.74, 6) is -1.07. The van der Waals surface area contributed by atoms with Crippen molar-refractivity contribution in [3.63, 3.8) is 0 Å². The second-order valence-corrected chi connectivity index (χ2v) is 2.09. The van der Waals surface area contributed by atoms with E-state index in [0.29, 0.717) is 12.6 Å². The number of Topliss-reactive ketones (excluding diaryl/α,β-unsaturated/α-hetero) is 1. The fourth-order valence-corrected chi connectivity index (χ4v) is 0.718. The number of carbonyl (C=O) groups excluding carboxylic acids is 3. The predicted molar refractivity (Wildman–Crippen MR) is 39.1 cm³/mol. The van der Waals surface area contributed by atoms with Crippen molar-refractivity contribution in [3.8, 4) is 0 Å². The first-order valence-corrected chi connectivity index (χ1v) is 3.42. The lowest BCUT2D eigenvalue weighted by atomic mass is 10.0. The van der Waals surface area contributed by atoms with E-state index in [-0.39, 0.29) is 18.0 Å². The molecule has 4 heteroatoms. The molecule has 56 valence electrons. The molecule has 3 nitrogen and oxygen atoms in total. The van der Waals surface area contributed by atoms with Gasteiger partial charge in [-0.3, -0.25) is 4.79 Å². The summed E-state index contributed by atoms with van der Waals surface area (Å²) in [5.41, 5.74) is 0. The Morgan fingerprint density at radius 2 is 2.10 bits per heavy atom. The quantitative estimate of drug-likeness (QED) is 0.347. The summed E-state index contributed by atoms with van der Waals surface area (Å²) in [5, 5.41) is 0. The molecule has 0 aliphatic heterocycles. The van der Waals surface area contributed by atoms with E-state index in [1.165, 1.54) is 0 Å². The van der Waals surface area contributed by atoms with Crippen molar-refractivity contribution < 1.29 is 14.4 Å². The third-order valence-electron chi connectivity index (χ3n) is 1.08. The van der Waals surface area contributed by atoms with E-state index in [1.54, 1.807) is 0 Å². The van der Waals surface area contributed by atoms with E-state index in [9.17, 15) is 14.4 Å². The van der Waals surface area contributed by atoms with Gasteiger partial charge in [0.25, 0.3) is 0 Å². The number of aldehydes is 2. The average Bonchev–Trinajstić information content (AvgIpc) is 1.99. The van der Waals surface area contributed by atoms with Gasteiger partial charge in [0.15, 0.2) is 5.78 Å². The van der Waals surface area contributed by atoms with Crippen LogP contribution in [0.2, 0.25) is 0 Å². The van der Waals surface area contributed by atoms with Crippen LogP contribution in [0.1, 0.15) is 6.42 Å². The Bertz CT molecular complexity index is 144. The van der Waals surface area contributed by atoms with Gasteiger partial charge in [-0.1, -0.05) is 0 Å². The summed E-state index contributed by atoms with van der Waals surface area (Å²) < 4.78 is 0. The van der Waals surface area contributed by atoms with Gasteiger partial charge in [0.2, 0.25) is 0 Å². The molecule has 0 aromatic rings. The molecular formula is C6H8O3S. The van der Waals surface area contributed by atoms with Crippen molar-refractivity contribution in [1.29, 1.82) is 0 Å². The standard InChI is InChI=1S/C6H8O3S/c7-2-1-5(3-8)6(9)4-10/h2-3,5,10H,1,4H2. The summed E-state index contributed by atoms with van der Waals surface area (Å²) in [4.78, 5) is 30.6. The van der Waals surface area contributed by atoms with Gasteiger partial charge in [0.05, 0.1) is 5.92 Å². The Labute approximate surface area is 64.2 Å². The molecule has 1 atom stereocenters. The first-order chi connectivity index (χ1) is 4.76. The molecule has 0 aliphatic carbocycles. The molecule has 0 radical (unpaired) electrons. The van der Waals surface area contributed by atoms with E-state index in [1.807, 2.05) is 0 Å². The molecular weight excluding hydrogens is 152 g/mol. The van der Waals surface area contributed by atoms with Crippen LogP contribution in [-0.2, 0) is 14.4 Å². The van der Waals surface area contributed by atoms with E-state index >= 15 is 0 Å². The SMILES string of the molecule is O=CCC(C=O)C(=O)CS. The van der Waals surface area contributed by atoms with Crippen LogP contribution in [0, 0.1) is 5.92 Å². The zero-order valence-electron chi connectivity index (χ0n) is 5.32. The number of ketones is 1. The molecule has 0 aromatic carbocycles. The van der Waals surface area contributed by atoms with Crippen molar-refractivity contribution in [3.05, 3.63) is 0 Å². The predicted octanol–water partition coefficient (Wildman–Crippen LogP) is -0.111. The Morgan fingerprint density at radius 1 is 1.50 bits per heavy atom. The fourth-order valence-electron chi connectivity index (χ4n) is 0.484. The second-order valence-electron chi connectivity index (χ2n) is 1.77. The molecule has 0 amide bonds. The minimum Gasteiger partial charge on any atom is -0.303 e. The van der Waals surface area contributed by atoms with Gasteiger partial charge in [0, 0.05) is 12.2 Å². The van der Waals surface area contributed by atoms with Crippen molar-refractivity contribution >= 4 is 31.0 Å².